The number of ether oxygens (including phenoxy) is 4. The second-order valence-electron chi connectivity index (χ2n) is 12.4. The largest absolute Gasteiger partial charge is 0.496 e. The molecule has 0 spiro atoms. The Hall–Kier alpha value is -3.62. The van der Waals surface area contributed by atoms with Crippen molar-refractivity contribution < 1.29 is 23.7 Å². The van der Waals surface area contributed by atoms with E-state index in [2.05, 4.69) is 41.4 Å². The van der Waals surface area contributed by atoms with E-state index in [1.54, 1.807) is 7.11 Å². The number of rotatable bonds is 9. The monoisotopic (exact) mass is 587 g/mol. The molecule has 2 atom stereocenters. The van der Waals surface area contributed by atoms with Crippen molar-refractivity contribution in [2.45, 2.75) is 72.3 Å². The van der Waals surface area contributed by atoms with Crippen LogP contribution in [0.25, 0.3) is 11.3 Å². The Bertz CT molecular complexity index is 1420. The highest BCUT2D eigenvalue weighted by atomic mass is 16.6. The summed E-state index contributed by atoms with van der Waals surface area (Å²) in [6.07, 6.45) is 1.36. The Balaban J connectivity index is 1.35. The summed E-state index contributed by atoms with van der Waals surface area (Å²) in [5.41, 5.74) is 5.94. The van der Waals surface area contributed by atoms with Crippen molar-refractivity contribution in [3.63, 3.8) is 0 Å². The number of carbonyl (C=O) groups is 1. The zero-order valence-electron chi connectivity index (χ0n) is 26.4. The van der Waals surface area contributed by atoms with Gasteiger partial charge in [0.05, 0.1) is 24.8 Å². The molecule has 3 heterocycles. The smallest absolute Gasteiger partial charge is 0.312 e. The minimum atomic E-state index is -0.530. The van der Waals surface area contributed by atoms with Crippen LogP contribution < -0.4 is 19.7 Å². The van der Waals surface area contributed by atoms with E-state index in [-0.39, 0.29) is 18.0 Å². The summed E-state index contributed by atoms with van der Waals surface area (Å²) in [7, 11) is 1.73. The molecule has 5 rings (SSSR count). The molecule has 1 saturated heterocycles. The molecule has 230 valence electrons. The Morgan fingerprint density at radius 3 is 2.72 bits per heavy atom. The number of aromatic nitrogens is 1. The van der Waals surface area contributed by atoms with Gasteiger partial charge in [0.25, 0.3) is 0 Å². The molecule has 1 aromatic heterocycles. The van der Waals surface area contributed by atoms with Crippen molar-refractivity contribution in [2.75, 3.05) is 38.3 Å². The number of hydrogen-bond acceptors (Lipinski definition) is 8. The third-order valence-electron chi connectivity index (χ3n) is 8.03. The first-order chi connectivity index (χ1) is 20.7. The molecule has 1 fully saturated rings. The van der Waals surface area contributed by atoms with Gasteiger partial charge in [-0.05, 0) is 95.0 Å². The molecule has 2 aliphatic rings. The highest BCUT2D eigenvalue weighted by molar-refractivity contribution is 5.74. The van der Waals surface area contributed by atoms with E-state index in [0.717, 1.165) is 59.2 Å². The van der Waals surface area contributed by atoms with E-state index in [0.29, 0.717) is 32.7 Å². The second-order valence-corrected chi connectivity index (χ2v) is 12.4. The van der Waals surface area contributed by atoms with E-state index in [9.17, 15) is 4.79 Å². The van der Waals surface area contributed by atoms with Gasteiger partial charge in [0, 0.05) is 37.4 Å². The van der Waals surface area contributed by atoms with Gasteiger partial charge in [0.2, 0.25) is 0 Å². The van der Waals surface area contributed by atoms with Gasteiger partial charge >= 0.3 is 5.97 Å². The zero-order valence-corrected chi connectivity index (χ0v) is 26.4. The van der Waals surface area contributed by atoms with Crippen LogP contribution in [-0.4, -0.2) is 56.0 Å². The van der Waals surface area contributed by atoms with Crippen LogP contribution in [0.15, 0.2) is 48.5 Å². The second kappa shape index (κ2) is 13.3. The van der Waals surface area contributed by atoms with Gasteiger partial charge in [-0.3, -0.25) is 4.79 Å². The highest BCUT2D eigenvalue weighted by Gasteiger charge is 2.38. The minimum Gasteiger partial charge on any atom is -0.496 e. The Labute approximate surface area is 255 Å². The quantitative estimate of drug-likeness (QED) is 0.312. The van der Waals surface area contributed by atoms with Crippen LogP contribution in [0.5, 0.6) is 11.5 Å². The molecule has 3 aromatic rings. The molecule has 43 heavy (non-hydrogen) atoms. The molecular formula is C35H45N3O5. The van der Waals surface area contributed by atoms with Crippen molar-refractivity contribution in [1.82, 2.24) is 10.3 Å². The van der Waals surface area contributed by atoms with Crippen molar-refractivity contribution in [3.05, 3.63) is 70.8 Å². The van der Waals surface area contributed by atoms with Crippen molar-refractivity contribution in [2.24, 2.45) is 5.92 Å². The number of piperidine rings is 1. The molecule has 0 bridgehead atoms. The maximum Gasteiger partial charge on any atom is 0.312 e. The van der Waals surface area contributed by atoms with E-state index in [1.807, 2.05) is 52.0 Å². The third kappa shape index (κ3) is 7.31. The topological polar surface area (TPSA) is 82.2 Å². The Morgan fingerprint density at radius 2 is 1.95 bits per heavy atom. The van der Waals surface area contributed by atoms with Crippen LogP contribution in [0.3, 0.4) is 0 Å². The minimum absolute atomic E-state index is 0.193. The van der Waals surface area contributed by atoms with E-state index >= 15 is 0 Å². The van der Waals surface area contributed by atoms with E-state index in [1.165, 1.54) is 11.1 Å². The number of para-hydroxylation sites is 1. The summed E-state index contributed by atoms with van der Waals surface area (Å²) >= 11 is 0. The average molecular weight is 588 g/mol. The van der Waals surface area contributed by atoms with Gasteiger partial charge in [-0.2, -0.15) is 0 Å². The van der Waals surface area contributed by atoms with E-state index in [4.69, 9.17) is 23.9 Å². The highest BCUT2D eigenvalue weighted by Crippen LogP contribution is 2.35. The number of methoxy groups -OCH3 is 1. The predicted octanol–water partition coefficient (Wildman–Crippen LogP) is 5.86. The van der Waals surface area contributed by atoms with Gasteiger partial charge in [0.1, 0.15) is 29.5 Å². The fraction of sp³-hybridized carbons (Fsp3) is 0.486. The zero-order chi connectivity index (χ0) is 30.6. The first-order valence-corrected chi connectivity index (χ1v) is 15.4. The maximum absolute atomic E-state index is 13.0. The van der Waals surface area contributed by atoms with Crippen LogP contribution in [0, 0.1) is 12.8 Å². The summed E-state index contributed by atoms with van der Waals surface area (Å²) in [5.74, 6) is 2.09. The molecule has 0 amide bonds. The lowest BCUT2D eigenvalue weighted by atomic mass is 9.93. The summed E-state index contributed by atoms with van der Waals surface area (Å²) in [6.45, 7) is 13.7. The van der Waals surface area contributed by atoms with Crippen LogP contribution >= 0.6 is 0 Å². The molecule has 2 aromatic carbocycles. The lowest BCUT2D eigenvalue weighted by molar-refractivity contribution is -0.166. The molecule has 8 heteroatoms. The number of pyridine rings is 1. The number of aryl methyl sites for hydroxylation is 1. The van der Waals surface area contributed by atoms with Gasteiger partial charge in [-0.1, -0.05) is 24.3 Å². The fourth-order valence-corrected chi connectivity index (χ4v) is 6.00. The number of carbonyl (C=O) groups excluding carboxylic acids is 1. The molecular weight excluding hydrogens is 542 g/mol. The van der Waals surface area contributed by atoms with Crippen LogP contribution in [0.4, 0.5) is 5.82 Å². The standard InChI is InChI=1S/C35H45N3O5/c1-7-41-31-21-38(17-15-27(31)34(39)43-35(3,4)5)32-13-9-12-29(37-32)26-11-8-10-23(2)33(26)42-22-24-18-25-14-16-36-20-28(25)30(19-24)40-6/h8-13,18-19,27,31,36H,7,14-17,20-22H2,1-6H3. The number of benzene rings is 2. The summed E-state index contributed by atoms with van der Waals surface area (Å²) in [6, 6.07) is 16.6. The van der Waals surface area contributed by atoms with Gasteiger partial charge in [-0.15, -0.1) is 0 Å². The van der Waals surface area contributed by atoms with Crippen molar-refractivity contribution in [3.8, 4) is 22.8 Å². The molecule has 1 N–H and O–H groups in total. The number of esters is 1. The third-order valence-corrected chi connectivity index (χ3v) is 8.03. The predicted molar refractivity (Wildman–Crippen MR) is 169 cm³/mol. The average Bonchev–Trinajstić information content (AvgIpc) is 2.99. The van der Waals surface area contributed by atoms with E-state index < -0.39 is 5.60 Å². The normalized spacial score (nSPS) is 18.6. The first kappa shape index (κ1) is 30.8. The number of nitrogens with zero attached hydrogens (tertiary/aromatic N) is 2. The molecule has 2 aliphatic heterocycles. The maximum atomic E-state index is 13.0. The fourth-order valence-electron chi connectivity index (χ4n) is 6.00. The van der Waals surface area contributed by atoms with Crippen molar-refractivity contribution >= 4 is 11.8 Å². The number of hydrogen-bond donors (Lipinski definition) is 1. The molecule has 2 unspecified atom stereocenters. The Kier molecular flexibility index (Phi) is 9.57. The number of nitrogens with one attached hydrogen (secondary N) is 1. The number of fused-ring (bicyclic) bond motifs is 1. The number of anilines is 1. The van der Waals surface area contributed by atoms with Gasteiger partial charge < -0.3 is 29.2 Å². The lowest BCUT2D eigenvalue weighted by Gasteiger charge is -2.38. The van der Waals surface area contributed by atoms with Gasteiger partial charge in [0.15, 0.2) is 0 Å². The lowest BCUT2D eigenvalue weighted by Crippen LogP contribution is -2.49. The molecule has 0 radical (unpaired) electrons. The van der Waals surface area contributed by atoms with Crippen LogP contribution in [0.1, 0.15) is 56.4 Å². The SMILES string of the molecule is CCOC1CN(c2cccc(-c3cccc(C)c3OCc3cc4c(c(OC)c3)CNCC4)n2)CCC1C(=O)OC(C)(C)C. The Morgan fingerprint density at radius 1 is 1.14 bits per heavy atom. The van der Waals surface area contributed by atoms with Crippen molar-refractivity contribution in [1.29, 1.82) is 0 Å². The molecule has 8 nitrogen and oxygen atoms in total. The summed E-state index contributed by atoms with van der Waals surface area (Å²) < 4.78 is 24.0. The summed E-state index contributed by atoms with van der Waals surface area (Å²) in [4.78, 5) is 20.2. The van der Waals surface area contributed by atoms with Gasteiger partial charge in [-0.25, -0.2) is 4.98 Å². The van der Waals surface area contributed by atoms with Crippen LogP contribution in [0.2, 0.25) is 0 Å². The molecule has 0 aliphatic carbocycles. The first-order valence-electron chi connectivity index (χ1n) is 15.4. The molecule has 0 saturated carbocycles. The summed E-state index contributed by atoms with van der Waals surface area (Å²) in [5, 5.41) is 3.43. The van der Waals surface area contributed by atoms with Crippen LogP contribution in [-0.2, 0) is 33.8 Å².